The lowest BCUT2D eigenvalue weighted by Crippen LogP contribution is -2.26. The number of anilines is 12. The van der Waals surface area contributed by atoms with Crippen LogP contribution in [0.4, 0.5) is 68.2 Å². The van der Waals surface area contributed by atoms with Crippen molar-refractivity contribution in [3.63, 3.8) is 0 Å². The molecule has 0 aromatic heterocycles. The molecule has 0 aliphatic carbocycles. The lowest BCUT2D eigenvalue weighted by Gasteiger charge is -2.25. The normalized spacial score (nSPS) is 10.2. The third kappa shape index (κ3) is 29.6. The molecule has 0 unspecified atom stereocenters. The number of halogens is 3. The summed E-state index contributed by atoms with van der Waals surface area (Å²) in [4.78, 5) is 58.4. The Bertz CT molecular complexity index is 7230. The predicted molar refractivity (Wildman–Crippen MR) is 607 cm³/mol. The summed E-state index contributed by atoms with van der Waals surface area (Å²) in [7, 11) is 0. The fraction of sp³-hybridized carbons (Fsp3) is 0.0303. The van der Waals surface area contributed by atoms with E-state index in [0.29, 0.717) is 44.5 Å². The smallest absolute Gasteiger partial charge is 0.343 e. The van der Waals surface area contributed by atoms with Crippen LogP contribution in [0.3, 0.4) is 0 Å². The van der Waals surface area contributed by atoms with Gasteiger partial charge in [-0.2, -0.15) is 0 Å². The number of para-hydroxylation sites is 8. The van der Waals surface area contributed by atoms with Gasteiger partial charge < -0.3 is 38.5 Å². The molecule has 0 saturated carbocycles. The molecule has 0 bridgehead atoms. The van der Waals surface area contributed by atoms with Gasteiger partial charge in [0, 0.05) is 126 Å². The molecular formula is C132H93BrClIN4O8. The second kappa shape index (κ2) is 51.3. The number of benzene rings is 19. The predicted octanol–water partition coefficient (Wildman–Crippen LogP) is 32.9. The second-order valence-corrected chi connectivity index (χ2v) is 35.9. The van der Waals surface area contributed by atoms with Crippen LogP contribution in [-0.2, 0) is 4.74 Å². The van der Waals surface area contributed by atoms with Gasteiger partial charge in [0.1, 0.15) is 17.2 Å². The number of carbonyl (C=O) groups is 4. The van der Waals surface area contributed by atoms with E-state index in [9.17, 15) is 19.2 Å². The Morgan fingerprint density at radius 2 is 0.415 bits per heavy atom. The third-order valence-corrected chi connectivity index (χ3v) is 23.9. The SMILES string of the molecule is CC#CC(C)(C)OC(=O)c1ccc(C#Cc2ccc(N(c3ccccc3)c3ccccc3)cc2)cc1.O=C(Oc1ccc(Br)cc1)c1ccc(C#Cc2ccc(N(c3ccccc3)c3ccccc3)cc2)cc1.O=C(Oc1ccc(Cl)cc1)c1ccc(C#Cc2ccc(N(c3ccccc3)c3ccccc3)cc2)cc1.O=C(Oc1ccc(I)cc1)c1ccc(C#Cc2ccc(N(c3ccccc3)c3ccccc3)cc2)cc1. The first kappa shape index (κ1) is 102. The van der Waals surface area contributed by atoms with E-state index in [1.807, 2.05) is 267 Å². The summed E-state index contributed by atoms with van der Waals surface area (Å²) in [6.07, 6.45) is 0. The molecule has 0 aliphatic heterocycles. The molecule has 0 fully saturated rings. The Balaban J connectivity index is 0.000000140. The third-order valence-electron chi connectivity index (χ3n) is 22.4. The highest BCUT2D eigenvalue weighted by Crippen LogP contribution is 2.40. The van der Waals surface area contributed by atoms with Crippen molar-refractivity contribution in [2.24, 2.45) is 0 Å². The summed E-state index contributed by atoms with van der Waals surface area (Å²) in [6.45, 7) is 5.26. The summed E-state index contributed by atoms with van der Waals surface area (Å²) in [5.74, 6) is 31.0. The topological polar surface area (TPSA) is 118 Å². The molecule has 19 aromatic carbocycles. The van der Waals surface area contributed by atoms with E-state index in [-0.39, 0.29) is 0 Å². The number of esters is 4. The number of ether oxygens (including phenoxy) is 4. The Morgan fingerprint density at radius 3 is 0.619 bits per heavy atom. The molecule has 147 heavy (non-hydrogen) atoms. The van der Waals surface area contributed by atoms with Crippen LogP contribution in [0, 0.1) is 62.8 Å². The first-order valence-corrected chi connectivity index (χ1v) is 49.3. The molecular weight excluding hydrogens is 2010 g/mol. The van der Waals surface area contributed by atoms with Gasteiger partial charge in [-0.05, 0) is 407 Å². The summed E-state index contributed by atoms with van der Waals surface area (Å²) < 4.78 is 23.7. The first-order chi connectivity index (χ1) is 71.9. The van der Waals surface area contributed by atoms with E-state index < -0.39 is 29.5 Å². The molecule has 0 amide bonds. The molecule has 0 heterocycles. The minimum Gasteiger partial charge on any atom is -0.443 e. The maximum Gasteiger partial charge on any atom is 0.343 e. The maximum atomic E-state index is 12.4. The highest BCUT2D eigenvalue weighted by Gasteiger charge is 2.23. The molecule has 12 nitrogen and oxygen atoms in total. The zero-order chi connectivity index (χ0) is 102. The number of hydrogen-bond acceptors (Lipinski definition) is 12. The van der Waals surface area contributed by atoms with E-state index in [2.05, 4.69) is 263 Å². The van der Waals surface area contributed by atoms with Crippen LogP contribution >= 0.6 is 50.1 Å². The summed E-state index contributed by atoms with van der Waals surface area (Å²) in [5.41, 5.74) is 20.9. The Kier molecular flexibility index (Phi) is 35.4. The minimum atomic E-state index is -0.826. The molecule has 710 valence electrons. The first-order valence-electron chi connectivity index (χ1n) is 47.0. The van der Waals surface area contributed by atoms with Gasteiger partial charge in [-0.15, -0.1) is 5.92 Å². The highest BCUT2D eigenvalue weighted by molar-refractivity contribution is 14.1. The van der Waals surface area contributed by atoms with E-state index >= 15 is 0 Å². The molecule has 19 aromatic rings. The lowest BCUT2D eigenvalue weighted by molar-refractivity contribution is 0.0203. The molecule has 19 rings (SSSR count). The molecule has 0 atom stereocenters. The van der Waals surface area contributed by atoms with E-state index in [1.165, 1.54) is 0 Å². The molecule has 0 radical (unpaired) electrons. The van der Waals surface area contributed by atoms with Crippen LogP contribution in [0.2, 0.25) is 5.02 Å². The number of nitrogens with zero attached hydrogens (tertiary/aromatic N) is 4. The van der Waals surface area contributed by atoms with Crippen LogP contribution in [0.15, 0.2) is 514 Å². The zero-order valence-corrected chi connectivity index (χ0v) is 84.7. The molecule has 15 heteroatoms. The highest BCUT2D eigenvalue weighted by atomic mass is 127. The molecule has 0 saturated heterocycles. The van der Waals surface area contributed by atoms with Gasteiger partial charge in [0.15, 0.2) is 5.60 Å². The van der Waals surface area contributed by atoms with Gasteiger partial charge in [-0.3, -0.25) is 0 Å². The zero-order valence-electron chi connectivity index (χ0n) is 80.2. The lowest BCUT2D eigenvalue weighted by atomic mass is 10.1. The van der Waals surface area contributed by atoms with Gasteiger partial charge in [0.25, 0.3) is 0 Å². The van der Waals surface area contributed by atoms with Gasteiger partial charge in [0.05, 0.1) is 22.3 Å². The van der Waals surface area contributed by atoms with Crippen LogP contribution in [0.1, 0.15) is 107 Å². The average molecular weight is 2110 g/mol. The number of hydrogen-bond donors (Lipinski definition) is 0. The largest absolute Gasteiger partial charge is 0.443 e. The second-order valence-electron chi connectivity index (χ2n) is 33.3. The fourth-order valence-electron chi connectivity index (χ4n) is 15.1. The van der Waals surface area contributed by atoms with Crippen molar-refractivity contribution in [2.75, 3.05) is 19.6 Å². The van der Waals surface area contributed by atoms with Crippen molar-refractivity contribution in [1.29, 1.82) is 0 Å². The van der Waals surface area contributed by atoms with Gasteiger partial charge >= 0.3 is 23.9 Å². The summed E-state index contributed by atoms with van der Waals surface area (Å²) >= 11 is 11.5. The van der Waals surface area contributed by atoms with Crippen molar-refractivity contribution < 1.29 is 38.1 Å². The van der Waals surface area contributed by atoms with Gasteiger partial charge in [0.2, 0.25) is 0 Å². The Morgan fingerprint density at radius 1 is 0.238 bits per heavy atom. The van der Waals surface area contributed by atoms with Crippen LogP contribution in [0.5, 0.6) is 17.2 Å². The molecule has 0 N–H and O–H groups in total. The Hall–Kier alpha value is -18.4. The fourth-order valence-corrected chi connectivity index (χ4v) is 15.9. The van der Waals surface area contributed by atoms with Crippen molar-refractivity contribution in [2.45, 2.75) is 26.4 Å². The maximum absolute atomic E-state index is 12.4. The van der Waals surface area contributed by atoms with Crippen LogP contribution in [-0.4, -0.2) is 29.5 Å². The van der Waals surface area contributed by atoms with E-state index in [0.717, 1.165) is 121 Å². The van der Waals surface area contributed by atoms with Crippen molar-refractivity contribution in [3.8, 4) is 76.5 Å². The van der Waals surface area contributed by atoms with Crippen molar-refractivity contribution in [3.05, 3.63) is 589 Å². The number of carbonyl (C=O) groups excluding carboxylic acids is 4. The summed E-state index contributed by atoms with van der Waals surface area (Å²) in [6, 6.07) is 165. The van der Waals surface area contributed by atoms with E-state index in [1.54, 1.807) is 118 Å². The van der Waals surface area contributed by atoms with Crippen LogP contribution in [0.25, 0.3) is 0 Å². The van der Waals surface area contributed by atoms with E-state index in [4.69, 9.17) is 30.5 Å². The van der Waals surface area contributed by atoms with Gasteiger partial charge in [-0.1, -0.05) is 226 Å². The Labute approximate surface area is 885 Å². The minimum absolute atomic E-state index is 0.391. The quantitative estimate of drug-likeness (QED) is 0.0313. The van der Waals surface area contributed by atoms with Crippen LogP contribution < -0.4 is 33.8 Å². The number of rotatable bonds is 20. The molecule has 0 aliphatic rings. The van der Waals surface area contributed by atoms with Crippen molar-refractivity contribution in [1.82, 2.24) is 0 Å². The standard InChI is InChI=1S/C33H22BrNO2.C33H22ClNO2.C33H22INO2.C33H27NO2/c3*34-28-19-23-32(24-20-28)37-33(36)27-17-13-25(14-18-27)11-12-26-15-21-31(22-16-26)35(29-7-3-1-4-8-29)30-9-5-2-6-10-30;1-4-25-33(2,3)36-32(35)28-21-17-26(18-22-28)15-16-27-19-23-31(24-20-27)34(29-11-7-5-8-12-29)30-13-9-6-10-14-30/h3*1-10,13-24H;5-14,17-24H,1-3H3. The molecule has 0 spiro atoms. The van der Waals surface area contributed by atoms with Gasteiger partial charge in [-0.25, -0.2) is 19.2 Å². The average Bonchev–Trinajstić information content (AvgIpc) is 0.817. The monoisotopic (exact) mass is 2100 g/mol. The van der Waals surface area contributed by atoms with Crippen molar-refractivity contribution >= 4 is 142 Å². The summed E-state index contributed by atoms with van der Waals surface area (Å²) in [5, 5.41) is 0.585.